The van der Waals surface area contributed by atoms with Crippen LogP contribution < -0.4 is 0 Å². The van der Waals surface area contributed by atoms with Crippen LogP contribution in [0.1, 0.15) is 53.4 Å². The number of allylic oxidation sites excluding steroid dienone is 1. The Hall–Kier alpha value is -0.260. The summed E-state index contributed by atoms with van der Waals surface area (Å²) in [6.45, 7) is 13.0. The van der Waals surface area contributed by atoms with Crippen LogP contribution in [0.2, 0.25) is 0 Å². The van der Waals surface area contributed by atoms with Crippen LogP contribution in [0.3, 0.4) is 0 Å². The number of rotatable bonds is 5. The molecule has 0 radical (unpaired) electrons. The number of hydrogen-bond donors (Lipinski definition) is 0. The van der Waals surface area contributed by atoms with E-state index in [-0.39, 0.29) is 0 Å². The van der Waals surface area contributed by atoms with Crippen LogP contribution in [-0.4, -0.2) is 0 Å². The normalized spacial score (nSPS) is 14.3. The summed E-state index contributed by atoms with van der Waals surface area (Å²) in [5.41, 5.74) is 0.475. The Balaban J connectivity index is 3.85. The molecule has 12 heavy (non-hydrogen) atoms. The van der Waals surface area contributed by atoms with Crippen LogP contribution in [0.15, 0.2) is 12.7 Å². The average Bonchev–Trinajstić information content (AvgIpc) is 1.84. The number of hydrogen-bond acceptors (Lipinski definition) is 0. The first-order chi connectivity index (χ1) is 5.49. The maximum Gasteiger partial charge on any atom is -0.0325 e. The van der Waals surface area contributed by atoms with Crippen molar-refractivity contribution >= 4 is 0 Å². The highest BCUT2D eigenvalue weighted by molar-refractivity contribution is 4.76. The third kappa shape index (κ3) is 6.45. The summed E-state index contributed by atoms with van der Waals surface area (Å²) >= 11 is 0. The zero-order chi connectivity index (χ0) is 9.61. The molecule has 0 heterocycles. The molecule has 1 unspecified atom stereocenters. The van der Waals surface area contributed by atoms with Gasteiger partial charge in [-0.15, -0.1) is 6.58 Å². The van der Waals surface area contributed by atoms with E-state index in [0.717, 1.165) is 5.92 Å². The molecule has 0 aliphatic heterocycles. The maximum atomic E-state index is 3.81. The molecule has 0 N–H and O–H groups in total. The molecule has 0 aromatic rings. The highest BCUT2D eigenvalue weighted by Gasteiger charge is 2.16. The lowest BCUT2D eigenvalue weighted by atomic mass is 9.81. The van der Waals surface area contributed by atoms with Crippen molar-refractivity contribution in [2.24, 2.45) is 11.3 Å². The maximum absolute atomic E-state index is 3.81. The fourth-order valence-electron chi connectivity index (χ4n) is 1.81. The van der Waals surface area contributed by atoms with Gasteiger partial charge < -0.3 is 0 Å². The minimum Gasteiger partial charge on any atom is -0.103 e. The zero-order valence-corrected chi connectivity index (χ0v) is 9.19. The zero-order valence-electron chi connectivity index (χ0n) is 9.19. The minimum atomic E-state index is 0.475. The molecular formula is C12H24. The van der Waals surface area contributed by atoms with Gasteiger partial charge in [-0.3, -0.25) is 0 Å². The molecule has 72 valence electrons. The quantitative estimate of drug-likeness (QED) is 0.533. The van der Waals surface area contributed by atoms with Gasteiger partial charge in [0.2, 0.25) is 0 Å². The van der Waals surface area contributed by atoms with Gasteiger partial charge >= 0.3 is 0 Å². The second-order valence-electron chi connectivity index (χ2n) is 4.94. The molecule has 0 heteroatoms. The van der Waals surface area contributed by atoms with E-state index in [1.54, 1.807) is 0 Å². The monoisotopic (exact) mass is 168 g/mol. The lowest BCUT2D eigenvalue weighted by molar-refractivity contribution is 0.282. The summed E-state index contributed by atoms with van der Waals surface area (Å²) in [5, 5.41) is 0. The second kappa shape index (κ2) is 5.40. The van der Waals surface area contributed by atoms with Crippen LogP contribution in [0.25, 0.3) is 0 Å². The van der Waals surface area contributed by atoms with Crippen LogP contribution >= 0.6 is 0 Å². The molecule has 0 aliphatic carbocycles. The minimum absolute atomic E-state index is 0.475. The fraction of sp³-hybridized carbons (Fsp3) is 0.833. The fourth-order valence-corrected chi connectivity index (χ4v) is 1.81. The highest BCUT2D eigenvalue weighted by atomic mass is 14.2. The van der Waals surface area contributed by atoms with Crippen molar-refractivity contribution in [3.63, 3.8) is 0 Å². The molecule has 0 bridgehead atoms. The molecular weight excluding hydrogens is 144 g/mol. The van der Waals surface area contributed by atoms with Crippen molar-refractivity contribution in [2.45, 2.75) is 53.4 Å². The lowest BCUT2D eigenvalue weighted by Crippen LogP contribution is -2.12. The van der Waals surface area contributed by atoms with Crippen molar-refractivity contribution < 1.29 is 0 Å². The molecule has 0 saturated carbocycles. The first-order valence-corrected chi connectivity index (χ1v) is 5.10. The summed E-state index contributed by atoms with van der Waals surface area (Å²) < 4.78 is 0. The summed E-state index contributed by atoms with van der Waals surface area (Å²) in [7, 11) is 0. The highest BCUT2D eigenvalue weighted by Crippen LogP contribution is 2.29. The topological polar surface area (TPSA) is 0 Å². The first-order valence-electron chi connectivity index (χ1n) is 5.10. The van der Waals surface area contributed by atoms with Crippen molar-refractivity contribution in [3.05, 3.63) is 12.7 Å². The molecule has 0 amide bonds. The first kappa shape index (κ1) is 11.7. The molecule has 0 fully saturated rings. The standard InChI is InChI=1S/C12H24/c1-6-8-11(9-7-2)10-12(3,4)5/h6,11H,1,7-10H2,2-5H3. The second-order valence-corrected chi connectivity index (χ2v) is 4.94. The van der Waals surface area contributed by atoms with Gasteiger partial charge in [0.05, 0.1) is 0 Å². The summed E-state index contributed by atoms with van der Waals surface area (Å²) in [6.07, 6.45) is 7.22. The molecule has 0 rings (SSSR count). The van der Waals surface area contributed by atoms with Crippen LogP contribution in [0.5, 0.6) is 0 Å². The van der Waals surface area contributed by atoms with Gasteiger partial charge in [0.25, 0.3) is 0 Å². The summed E-state index contributed by atoms with van der Waals surface area (Å²) in [5.74, 6) is 0.854. The molecule has 0 aliphatic rings. The van der Waals surface area contributed by atoms with Crippen molar-refractivity contribution in [1.29, 1.82) is 0 Å². The van der Waals surface area contributed by atoms with E-state index in [0.29, 0.717) is 5.41 Å². The molecule has 0 aromatic carbocycles. The van der Waals surface area contributed by atoms with Crippen molar-refractivity contribution in [3.8, 4) is 0 Å². The Morgan fingerprint density at radius 1 is 1.33 bits per heavy atom. The Bertz CT molecular complexity index is 116. The molecule has 0 saturated heterocycles. The van der Waals surface area contributed by atoms with Gasteiger partial charge in [0.15, 0.2) is 0 Å². The van der Waals surface area contributed by atoms with Crippen LogP contribution in [-0.2, 0) is 0 Å². The van der Waals surface area contributed by atoms with E-state index in [1.807, 2.05) is 0 Å². The van der Waals surface area contributed by atoms with Gasteiger partial charge in [-0.1, -0.05) is 46.6 Å². The van der Waals surface area contributed by atoms with E-state index in [2.05, 4.69) is 40.3 Å². The largest absolute Gasteiger partial charge is 0.103 e. The third-order valence-corrected chi connectivity index (χ3v) is 2.10. The van der Waals surface area contributed by atoms with E-state index >= 15 is 0 Å². The SMILES string of the molecule is C=CCC(CCC)CC(C)(C)C. The molecule has 0 nitrogen and oxygen atoms in total. The van der Waals surface area contributed by atoms with Gasteiger partial charge in [-0.05, 0) is 24.2 Å². The predicted molar refractivity (Wildman–Crippen MR) is 57.3 cm³/mol. The summed E-state index contributed by atoms with van der Waals surface area (Å²) in [4.78, 5) is 0. The summed E-state index contributed by atoms with van der Waals surface area (Å²) in [6, 6.07) is 0. The molecule has 1 atom stereocenters. The van der Waals surface area contributed by atoms with Crippen molar-refractivity contribution in [1.82, 2.24) is 0 Å². The van der Waals surface area contributed by atoms with E-state index in [9.17, 15) is 0 Å². The van der Waals surface area contributed by atoms with E-state index < -0.39 is 0 Å². The van der Waals surface area contributed by atoms with E-state index in [1.165, 1.54) is 25.7 Å². The van der Waals surface area contributed by atoms with Crippen molar-refractivity contribution in [2.75, 3.05) is 0 Å². The third-order valence-electron chi connectivity index (χ3n) is 2.10. The molecule has 0 spiro atoms. The van der Waals surface area contributed by atoms with E-state index in [4.69, 9.17) is 0 Å². The Kier molecular flexibility index (Phi) is 5.28. The van der Waals surface area contributed by atoms with Gasteiger partial charge in [-0.25, -0.2) is 0 Å². The average molecular weight is 168 g/mol. The molecule has 0 aromatic heterocycles. The predicted octanol–water partition coefficient (Wildman–Crippen LogP) is 4.42. The lowest BCUT2D eigenvalue weighted by Gasteiger charge is -2.24. The van der Waals surface area contributed by atoms with Gasteiger partial charge in [-0.2, -0.15) is 0 Å². The Morgan fingerprint density at radius 3 is 2.25 bits per heavy atom. The van der Waals surface area contributed by atoms with Gasteiger partial charge in [0, 0.05) is 0 Å². The Labute approximate surface area is 78.1 Å². The van der Waals surface area contributed by atoms with Crippen LogP contribution in [0.4, 0.5) is 0 Å². The van der Waals surface area contributed by atoms with Gasteiger partial charge in [0.1, 0.15) is 0 Å². The van der Waals surface area contributed by atoms with Crippen LogP contribution in [0, 0.1) is 11.3 Å². The smallest absolute Gasteiger partial charge is 0.0325 e. The Morgan fingerprint density at radius 2 is 1.92 bits per heavy atom.